The molecule has 12 rings (SSSR count). The van der Waals surface area contributed by atoms with Crippen molar-refractivity contribution >= 4 is 32.7 Å². The van der Waals surface area contributed by atoms with Crippen LogP contribution in [0.2, 0.25) is 0 Å². The Balaban J connectivity index is 0.000000128. The second kappa shape index (κ2) is 23.0. The maximum Gasteiger partial charge on any atom is 0.261 e. The van der Waals surface area contributed by atoms with Gasteiger partial charge in [0.05, 0.1) is 32.7 Å². The Hall–Kier alpha value is -8.79. The van der Waals surface area contributed by atoms with Gasteiger partial charge in [-0.1, -0.05) is 56.7 Å². The molecule has 0 fully saturated rings. The molecule has 372 valence electrons. The zero-order chi connectivity index (χ0) is 51.7. The number of aromatic nitrogens is 9. The fraction of sp³-hybridized carbons (Fsp3) is 0.286. The van der Waals surface area contributed by atoms with Gasteiger partial charge in [0.15, 0.2) is 0 Å². The van der Waals surface area contributed by atoms with Gasteiger partial charge in [0.2, 0.25) is 0 Å². The summed E-state index contributed by atoms with van der Waals surface area (Å²) in [6, 6.07) is 33.9. The molecule has 0 N–H and O–H groups in total. The summed E-state index contributed by atoms with van der Waals surface area (Å²) in [4.78, 5) is 65.4. The lowest BCUT2D eigenvalue weighted by atomic mass is 10.0. The molecule has 3 aliphatic heterocycles. The Morgan fingerprint density at radius 1 is 0.400 bits per heavy atom. The first-order valence-corrected chi connectivity index (χ1v) is 26.0. The van der Waals surface area contributed by atoms with Gasteiger partial charge in [-0.05, 0) is 165 Å². The summed E-state index contributed by atoms with van der Waals surface area (Å²) in [6.45, 7) is 8.97. The second-order valence-corrected chi connectivity index (χ2v) is 19.9. The average Bonchev–Trinajstić information content (AvgIpc) is 3.84. The normalized spacial score (nSPS) is 16.6. The third kappa shape index (κ3) is 12.0. The molecule has 75 heavy (non-hydrogen) atoms. The van der Waals surface area contributed by atoms with Gasteiger partial charge in [-0.2, -0.15) is 0 Å². The molecular formula is C63H57N9O3. The molecule has 12 nitrogen and oxygen atoms in total. The monoisotopic (exact) mass is 987 g/mol. The van der Waals surface area contributed by atoms with Gasteiger partial charge < -0.3 is 0 Å². The van der Waals surface area contributed by atoms with E-state index in [-0.39, 0.29) is 16.7 Å². The fourth-order valence-corrected chi connectivity index (χ4v) is 9.95. The molecule has 0 spiro atoms. The lowest BCUT2D eigenvalue weighted by molar-refractivity contribution is 0.519. The van der Waals surface area contributed by atoms with Gasteiger partial charge in [0, 0.05) is 74.2 Å². The number of nitrogens with zero attached hydrogens (tertiary/aromatic N) is 9. The van der Waals surface area contributed by atoms with Crippen LogP contribution in [0.3, 0.4) is 0 Å². The minimum atomic E-state index is 0.0679. The average molecular weight is 988 g/mol. The highest BCUT2D eigenvalue weighted by Gasteiger charge is 2.20. The Labute approximate surface area is 436 Å². The van der Waals surface area contributed by atoms with Gasteiger partial charge in [-0.25, -0.2) is 29.9 Å². The van der Waals surface area contributed by atoms with Crippen LogP contribution in [0.4, 0.5) is 0 Å². The van der Waals surface area contributed by atoms with E-state index in [4.69, 9.17) is 15.0 Å². The zero-order valence-electron chi connectivity index (χ0n) is 42.6. The molecule has 0 bridgehead atoms. The van der Waals surface area contributed by atoms with Crippen LogP contribution in [-0.2, 0) is 38.9 Å². The van der Waals surface area contributed by atoms with Crippen molar-refractivity contribution in [3.05, 3.63) is 210 Å². The summed E-state index contributed by atoms with van der Waals surface area (Å²) in [7, 11) is 0. The Morgan fingerprint density at radius 2 is 0.707 bits per heavy atom. The second-order valence-electron chi connectivity index (χ2n) is 19.9. The van der Waals surface area contributed by atoms with Crippen LogP contribution < -0.4 is 16.7 Å². The lowest BCUT2D eigenvalue weighted by Crippen LogP contribution is -2.24. The minimum absolute atomic E-state index is 0.0679. The highest BCUT2D eigenvalue weighted by Crippen LogP contribution is 2.23. The van der Waals surface area contributed by atoms with Gasteiger partial charge >= 0.3 is 0 Å². The molecule has 9 aromatic rings. The summed E-state index contributed by atoms with van der Waals surface area (Å²) in [5.74, 6) is 22.9. The molecule has 3 aromatic carbocycles. The number of hydrogen-bond donors (Lipinski definition) is 0. The summed E-state index contributed by atoms with van der Waals surface area (Å²) >= 11 is 0. The molecule has 3 aliphatic rings. The first-order valence-electron chi connectivity index (χ1n) is 26.0. The van der Waals surface area contributed by atoms with Crippen LogP contribution >= 0.6 is 0 Å². The van der Waals surface area contributed by atoms with Crippen LogP contribution in [-0.4, -0.2) is 43.6 Å². The largest absolute Gasteiger partial charge is 0.296 e. The van der Waals surface area contributed by atoms with Crippen LogP contribution in [0, 0.1) is 53.3 Å². The van der Waals surface area contributed by atoms with Crippen molar-refractivity contribution in [3.8, 4) is 35.5 Å². The maximum absolute atomic E-state index is 12.8. The van der Waals surface area contributed by atoms with E-state index in [9.17, 15) is 14.4 Å². The van der Waals surface area contributed by atoms with E-state index in [0.717, 1.165) is 145 Å². The van der Waals surface area contributed by atoms with E-state index in [0.29, 0.717) is 33.9 Å². The predicted octanol–water partition coefficient (Wildman–Crippen LogP) is 9.49. The minimum Gasteiger partial charge on any atom is -0.296 e. The number of pyridine rings is 3. The van der Waals surface area contributed by atoms with Crippen molar-refractivity contribution in [1.82, 2.24) is 43.6 Å². The molecule has 0 saturated carbocycles. The van der Waals surface area contributed by atoms with E-state index in [1.54, 1.807) is 18.6 Å². The van der Waals surface area contributed by atoms with Gasteiger partial charge in [-0.3, -0.25) is 28.1 Å². The van der Waals surface area contributed by atoms with Crippen LogP contribution in [0.5, 0.6) is 0 Å². The van der Waals surface area contributed by atoms with Crippen molar-refractivity contribution < 1.29 is 0 Å². The number of rotatable bonds is 0. The van der Waals surface area contributed by atoms with Crippen LogP contribution in [0.1, 0.15) is 111 Å². The Bertz CT molecular complexity index is 3540. The van der Waals surface area contributed by atoms with Crippen LogP contribution in [0.25, 0.3) is 32.7 Å². The molecular weight excluding hydrogens is 931 g/mol. The number of benzene rings is 3. The summed E-state index contributed by atoms with van der Waals surface area (Å²) in [5.41, 5.74) is 7.12. The van der Waals surface area contributed by atoms with Crippen LogP contribution in [0.15, 0.2) is 142 Å². The van der Waals surface area contributed by atoms with Crippen molar-refractivity contribution in [2.24, 2.45) is 17.8 Å². The molecule has 9 heterocycles. The lowest BCUT2D eigenvalue weighted by Gasteiger charge is -2.11. The molecule has 0 aliphatic carbocycles. The third-order valence-electron chi connectivity index (χ3n) is 13.9. The number of fused-ring (bicyclic) bond motifs is 6. The van der Waals surface area contributed by atoms with E-state index in [1.807, 2.05) is 123 Å². The highest BCUT2D eigenvalue weighted by atomic mass is 16.1. The predicted molar refractivity (Wildman–Crippen MR) is 295 cm³/mol. The standard InChI is InChI=1S/3C21H19N3O/c3*1-15-5-4-12-24-20(13-15)23-19-14-16(8-10-18(19)21(24)25)7-9-17-6-2-3-11-22-17/h3*2-3,6,8,10-11,14-15H,4-5,12-13H2,1H3. The van der Waals surface area contributed by atoms with Crippen molar-refractivity contribution in [3.63, 3.8) is 0 Å². The third-order valence-corrected chi connectivity index (χ3v) is 13.9. The fourth-order valence-electron chi connectivity index (χ4n) is 9.95. The SMILES string of the molecule is CC1CCCn2c(nc3cc(C#Cc4ccccn4)ccc3c2=O)C1.CC1CCCn2c(nc3cc(C#Cc4ccccn4)ccc3c2=O)C1.CC1CCCn2c(nc3cc(C#Cc4ccccn4)ccc3c2=O)C1. The van der Waals surface area contributed by atoms with Gasteiger partial charge in [0.25, 0.3) is 16.7 Å². The molecule has 6 aromatic heterocycles. The van der Waals surface area contributed by atoms with E-state index in [1.165, 1.54) is 0 Å². The molecule has 0 amide bonds. The zero-order valence-corrected chi connectivity index (χ0v) is 42.6. The van der Waals surface area contributed by atoms with Gasteiger partial charge in [0.1, 0.15) is 34.6 Å². The Morgan fingerprint density at radius 3 is 0.987 bits per heavy atom. The van der Waals surface area contributed by atoms with E-state index in [2.05, 4.69) is 71.2 Å². The van der Waals surface area contributed by atoms with Crippen molar-refractivity contribution in [1.29, 1.82) is 0 Å². The first-order chi connectivity index (χ1) is 36.6. The topological polar surface area (TPSA) is 143 Å². The van der Waals surface area contributed by atoms with E-state index >= 15 is 0 Å². The maximum atomic E-state index is 12.8. The molecule has 3 unspecified atom stereocenters. The quantitative estimate of drug-likeness (QED) is 0.136. The van der Waals surface area contributed by atoms with Crippen molar-refractivity contribution in [2.45, 2.75) is 98.2 Å². The number of hydrogen-bond acceptors (Lipinski definition) is 9. The summed E-state index contributed by atoms with van der Waals surface area (Å²) in [5, 5.41) is 2.00. The van der Waals surface area contributed by atoms with Gasteiger partial charge in [-0.15, -0.1) is 0 Å². The van der Waals surface area contributed by atoms with E-state index < -0.39 is 0 Å². The van der Waals surface area contributed by atoms with Crippen molar-refractivity contribution in [2.75, 3.05) is 0 Å². The highest BCUT2D eigenvalue weighted by molar-refractivity contribution is 5.81. The smallest absolute Gasteiger partial charge is 0.261 e. The Kier molecular flexibility index (Phi) is 15.2. The molecule has 0 saturated heterocycles. The summed E-state index contributed by atoms with van der Waals surface area (Å²) in [6.07, 6.45) is 14.3. The molecule has 3 atom stereocenters. The molecule has 12 heteroatoms. The molecule has 0 radical (unpaired) electrons. The summed E-state index contributed by atoms with van der Waals surface area (Å²) < 4.78 is 5.56. The first kappa shape index (κ1) is 49.8.